The van der Waals surface area contributed by atoms with E-state index in [4.69, 9.17) is 19.0 Å². The number of carbonyl (C=O) groups is 2. The minimum absolute atomic E-state index is 0.150. The standard InChI is InChI=1S/C26H23N3O8/c1-34-19-14-13-18(22(35-2)23(19)36-3)21-20-24(37-28(21)16-7-5-4-6-8-16)26(31)27(25(20)30)15-9-11-17(12-10-15)29(32)33/h4-14,20-21,24H,1-3H3/t20-,21+,24-/m0/s1. The number of hydrogen-bond donors (Lipinski definition) is 0. The van der Waals surface area contributed by atoms with Crippen LogP contribution in [0.25, 0.3) is 0 Å². The van der Waals surface area contributed by atoms with Crippen molar-refractivity contribution in [1.82, 2.24) is 0 Å². The van der Waals surface area contributed by atoms with Crippen LogP contribution < -0.4 is 24.2 Å². The predicted molar refractivity (Wildman–Crippen MR) is 132 cm³/mol. The molecule has 5 rings (SSSR count). The van der Waals surface area contributed by atoms with Gasteiger partial charge in [0.15, 0.2) is 17.6 Å². The molecule has 0 spiro atoms. The Morgan fingerprint density at radius 3 is 2.08 bits per heavy atom. The maximum Gasteiger partial charge on any atom is 0.269 e. The Hall–Kier alpha value is -4.64. The third kappa shape index (κ3) is 3.80. The lowest BCUT2D eigenvalue weighted by atomic mass is 9.89. The molecule has 0 bridgehead atoms. The molecule has 0 saturated carbocycles. The fraction of sp³-hybridized carbons (Fsp3) is 0.231. The van der Waals surface area contributed by atoms with Gasteiger partial charge in [-0.2, -0.15) is 0 Å². The van der Waals surface area contributed by atoms with Gasteiger partial charge in [0.05, 0.1) is 37.6 Å². The van der Waals surface area contributed by atoms with Crippen LogP contribution >= 0.6 is 0 Å². The van der Waals surface area contributed by atoms with E-state index < -0.39 is 34.8 Å². The van der Waals surface area contributed by atoms with E-state index in [0.717, 1.165) is 4.90 Å². The highest BCUT2D eigenvalue weighted by Crippen LogP contribution is 2.52. The first-order valence-electron chi connectivity index (χ1n) is 11.3. The lowest BCUT2D eigenvalue weighted by molar-refractivity contribution is -0.384. The fourth-order valence-electron chi connectivity index (χ4n) is 4.86. The number of fused-ring (bicyclic) bond motifs is 1. The van der Waals surface area contributed by atoms with Crippen molar-refractivity contribution in [3.63, 3.8) is 0 Å². The molecule has 0 aromatic heterocycles. The average Bonchev–Trinajstić information content (AvgIpc) is 3.43. The van der Waals surface area contributed by atoms with E-state index >= 15 is 0 Å². The average molecular weight is 505 g/mol. The molecule has 0 unspecified atom stereocenters. The zero-order valence-corrected chi connectivity index (χ0v) is 20.2. The number of non-ortho nitro benzene ring substituents is 1. The highest BCUT2D eigenvalue weighted by atomic mass is 16.7. The number of hydroxylamine groups is 1. The summed E-state index contributed by atoms with van der Waals surface area (Å²) in [4.78, 5) is 45.0. The smallest absolute Gasteiger partial charge is 0.269 e. The first-order valence-corrected chi connectivity index (χ1v) is 11.3. The highest BCUT2D eigenvalue weighted by Gasteiger charge is 2.61. The number of anilines is 2. The molecule has 2 fully saturated rings. The van der Waals surface area contributed by atoms with Crippen LogP contribution in [0.2, 0.25) is 0 Å². The number of imide groups is 1. The number of carbonyl (C=O) groups excluding carboxylic acids is 2. The van der Waals surface area contributed by atoms with Crippen molar-refractivity contribution < 1.29 is 33.6 Å². The summed E-state index contributed by atoms with van der Waals surface area (Å²) in [5, 5.41) is 12.6. The molecular weight excluding hydrogens is 482 g/mol. The summed E-state index contributed by atoms with van der Waals surface area (Å²) in [7, 11) is 4.46. The Morgan fingerprint density at radius 2 is 1.49 bits per heavy atom. The number of nitrogens with zero attached hydrogens (tertiary/aromatic N) is 3. The van der Waals surface area contributed by atoms with Crippen molar-refractivity contribution in [3.8, 4) is 17.2 Å². The second-order valence-electron chi connectivity index (χ2n) is 8.37. The summed E-state index contributed by atoms with van der Waals surface area (Å²) in [6.07, 6.45) is -1.12. The van der Waals surface area contributed by atoms with E-state index in [9.17, 15) is 19.7 Å². The number of nitro benzene ring substituents is 1. The van der Waals surface area contributed by atoms with Crippen LogP contribution in [0.3, 0.4) is 0 Å². The van der Waals surface area contributed by atoms with Crippen molar-refractivity contribution in [2.24, 2.45) is 5.92 Å². The monoisotopic (exact) mass is 505 g/mol. The van der Waals surface area contributed by atoms with E-state index in [-0.39, 0.29) is 11.4 Å². The summed E-state index contributed by atoms with van der Waals surface area (Å²) in [6, 6.07) is 17.0. The second-order valence-corrected chi connectivity index (χ2v) is 8.37. The van der Waals surface area contributed by atoms with Crippen LogP contribution in [0.5, 0.6) is 17.2 Å². The molecule has 2 heterocycles. The van der Waals surface area contributed by atoms with E-state index in [0.29, 0.717) is 28.5 Å². The Morgan fingerprint density at radius 1 is 0.811 bits per heavy atom. The largest absolute Gasteiger partial charge is 0.493 e. The van der Waals surface area contributed by atoms with Gasteiger partial charge in [-0.05, 0) is 36.4 Å². The molecule has 11 nitrogen and oxygen atoms in total. The number of benzene rings is 3. The topological polar surface area (TPSA) is 121 Å². The van der Waals surface area contributed by atoms with Gasteiger partial charge in [-0.3, -0.25) is 24.5 Å². The summed E-state index contributed by atoms with van der Waals surface area (Å²) < 4.78 is 16.7. The maximum atomic E-state index is 13.8. The lowest BCUT2D eigenvalue weighted by Gasteiger charge is -2.30. The van der Waals surface area contributed by atoms with Crippen molar-refractivity contribution in [2.75, 3.05) is 31.3 Å². The van der Waals surface area contributed by atoms with Gasteiger partial charge in [-0.15, -0.1) is 0 Å². The van der Waals surface area contributed by atoms with Crippen molar-refractivity contribution in [1.29, 1.82) is 0 Å². The number of ether oxygens (including phenoxy) is 3. The normalized spacial score (nSPS) is 20.7. The molecule has 3 aromatic carbocycles. The molecule has 0 N–H and O–H groups in total. The number of hydrogen-bond acceptors (Lipinski definition) is 9. The first-order chi connectivity index (χ1) is 17.9. The van der Waals surface area contributed by atoms with Gasteiger partial charge in [0, 0.05) is 17.7 Å². The maximum absolute atomic E-state index is 13.8. The van der Waals surface area contributed by atoms with Gasteiger partial charge in [0.2, 0.25) is 11.7 Å². The lowest BCUT2D eigenvalue weighted by Crippen LogP contribution is -2.37. The highest BCUT2D eigenvalue weighted by molar-refractivity contribution is 6.24. The quantitative estimate of drug-likeness (QED) is 0.269. The van der Waals surface area contributed by atoms with Crippen LogP contribution in [0, 0.1) is 16.0 Å². The number of amides is 2. The van der Waals surface area contributed by atoms with Crippen LogP contribution in [0.4, 0.5) is 17.1 Å². The van der Waals surface area contributed by atoms with Gasteiger partial charge < -0.3 is 14.2 Å². The third-order valence-corrected chi connectivity index (χ3v) is 6.50. The fourth-order valence-corrected chi connectivity index (χ4v) is 4.86. The summed E-state index contributed by atoms with van der Waals surface area (Å²) in [6.45, 7) is 0. The molecule has 190 valence electrons. The van der Waals surface area contributed by atoms with Gasteiger partial charge in [-0.25, -0.2) is 9.96 Å². The molecular formula is C26H23N3O8. The van der Waals surface area contributed by atoms with Gasteiger partial charge in [-0.1, -0.05) is 18.2 Å². The van der Waals surface area contributed by atoms with Crippen LogP contribution in [0.1, 0.15) is 11.6 Å². The number of nitro groups is 1. The zero-order chi connectivity index (χ0) is 26.3. The van der Waals surface area contributed by atoms with Gasteiger partial charge in [0.25, 0.3) is 11.6 Å². The number of methoxy groups -OCH3 is 3. The molecule has 2 amide bonds. The first kappa shape index (κ1) is 24.1. The van der Waals surface area contributed by atoms with E-state index in [1.807, 2.05) is 30.3 Å². The minimum Gasteiger partial charge on any atom is -0.493 e. The molecule has 0 radical (unpaired) electrons. The predicted octanol–water partition coefficient (Wildman–Crippen LogP) is 3.67. The van der Waals surface area contributed by atoms with E-state index in [2.05, 4.69) is 0 Å². The minimum atomic E-state index is -1.12. The zero-order valence-electron chi connectivity index (χ0n) is 20.2. The van der Waals surface area contributed by atoms with Crippen LogP contribution in [0.15, 0.2) is 66.7 Å². The number of para-hydroxylation sites is 1. The Balaban J connectivity index is 1.63. The Labute approximate surface area is 211 Å². The van der Waals surface area contributed by atoms with Crippen molar-refractivity contribution in [2.45, 2.75) is 12.1 Å². The summed E-state index contributed by atoms with van der Waals surface area (Å²) in [5.74, 6) is -0.883. The van der Waals surface area contributed by atoms with Crippen LogP contribution in [-0.4, -0.2) is 44.2 Å². The molecule has 37 heavy (non-hydrogen) atoms. The third-order valence-electron chi connectivity index (χ3n) is 6.50. The molecule has 3 atom stereocenters. The molecule has 2 aliphatic rings. The molecule has 11 heteroatoms. The molecule has 2 aliphatic heterocycles. The van der Waals surface area contributed by atoms with Gasteiger partial charge >= 0.3 is 0 Å². The van der Waals surface area contributed by atoms with Gasteiger partial charge in [0.1, 0.15) is 12.0 Å². The second kappa shape index (κ2) is 9.43. The number of rotatable bonds is 7. The van der Waals surface area contributed by atoms with Crippen LogP contribution in [-0.2, 0) is 14.4 Å². The Bertz CT molecular complexity index is 1360. The molecule has 3 aromatic rings. The Kier molecular flexibility index (Phi) is 6.14. The summed E-state index contributed by atoms with van der Waals surface area (Å²) >= 11 is 0. The SMILES string of the molecule is COc1ccc([C@@H]2[C@@H]3C(=O)N(c4ccc([N+](=O)[O-])cc4)C(=O)[C@H]3ON2c2ccccc2)c(OC)c1OC. The molecule has 2 saturated heterocycles. The summed E-state index contributed by atoms with van der Waals surface area (Å²) in [5.41, 5.74) is 1.27. The van der Waals surface area contributed by atoms with Crippen molar-refractivity contribution >= 4 is 28.9 Å². The van der Waals surface area contributed by atoms with E-state index in [1.165, 1.54) is 45.6 Å². The molecule has 0 aliphatic carbocycles. The van der Waals surface area contributed by atoms with Crippen molar-refractivity contribution in [3.05, 3.63) is 82.4 Å². The van der Waals surface area contributed by atoms with E-state index in [1.54, 1.807) is 17.2 Å².